The van der Waals surface area contributed by atoms with Gasteiger partial charge in [-0.3, -0.25) is 0 Å². The van der Waals surface area contributed by atoms with Crippen LogP contribution in [-0.2, 0) is 6.18 Å². The standard InChI is InChI=1S/C22H21ClF3N3O/c1-14-9-17(23)11-20(21(14)30-19-5-7-27-8-6-19)15-12-28-29(13-15)18-4-2-3-16(10-18)22(24,25)26/h2-4,9-13,19,27H,5-8H2,1H3. The SMILES string of the molecule is Cc1cc(Cl)cc(-c2cnn(-c3cccc(C(F)(F)F)c3)c2)c1OC1CCNCC1. The van der Waals surface area contributed by atoms with Crippen molar-refractivity contribution >= 4 is 11.6 Å². The predicted molar refractivity (Wildman–Crippen MR) is 110 cm³/mol. The Morgan fingerprint density at radius 1 is 1.17 bits per heavy atom. The van der Waals surface area contributed by atoms with Gasteiger partial charge in [0.25, 0.3) is 0 Å². The molecule has 0 amide bonds. The van der Waals surface area contributed by atoms with Crippen molar-refractivity contribution in [2.75, 3.05) is 13.1 Å². The van der Waals surface area contributed by atoms with E-state index in [9.17, 15) is 13.2 Å². The molecule has 0 spiro atoms. The molecule has 4 nitrogen and oxygen atoms in total. The summed E-state index contributed by atoms with van der Waals surface area (Å²) in [6.07, 6.45) is 0.807. The molecule has 30 heavy (non-hydrogen) atoms. The monoisotopic (exact) mass is 435 g/mol. The lowest BCUT2D eigenvalue weighted by molar-refractivity contribution is -0.137. The highest BCUT2D eigenvalue weighted by atomic mass is 35.5. The molecule has 1 saturated heterocycles. The molecule has 4 rings (SSSR count). The van der Waals surface area contributed by atoms with E-state index in [2.05, 4.69) is 10.4 Å². The van der Waals surface area contributed by atoms with E-state index in [1.165, 1.54) is 10.7 Å². The molecule has 1 aliphatic heterocycles. The second kappa shape index (κ2) is 8.32. The number of nitrogens with one attached hydrogen (secondary N) is 1. The Bertz CT molecular complexity index is 1040. The quantitative estimate of drug-likeness (QED) is 0.575. The highest BCUT2D eigenvalue weighted by Gasteiger charge is 2.30. The van der Waals surface area contributed by atoms with Gasteiger partial charge in [-0.05, 0) is 68.8 Å². The highest BCUT2D eigenvalue weighted by molar-refractivity contribution is 6.31. The van der Waals surface area contributed by atoms with Crippen LogP contribution in [0.2, 0.25) is 5.02 Å². The number of rotatable bonds is 4. The molecular weight excluding hydrogens is 415 g/mol. The molecule has 8 heteroatoms. The summed E-state index contributed by atoms with van der Waals surface area (Å²) in [5, 5.41) is 8.15. The number of ether oxygens (including phenoxy) is 1. The Labute approximate surface area is 177 Å². The number of halogens is 4. The van der Waals surface area contributed by atoms with Gasteiger partial charge in [-0.15, -0.1) is 0 Å². The fourth-order valence-corrected chi connectivity index (χ4v) is 3.88. The molecule has 0 aliphatic carbocycles. The third-order valence-corrected chi connectivity index (χ3v) is 5.36. The van der Waals surface area contributed by atoms with Crippen LogP contribution in [0.4, 0.5) is 13.2 Å². The van der Waals surface area contributed by atoms with Crippen LogP contribution in [0.3, 0.4) is 0 Å². The summed E-state index contributed by atoms with van der Waals surface area (Å²) in [4.78, 5) is 0. The molecule has 1 N–H and O–H groups in total. The van der Waals surface area contributed by atoms with Crippen molar-refractivity contribution in [1.29, 1.82) is 0 Å². The molecule has 0 saturated carbocycles. The fourth-order valence-electron chi connectivity index (χ4n) is 3.61. The largest absolute Gasteiger partial charge is 0.489 e. The minimum atomic E-state index is -4.41. The van der Waals surface area contributed by atoms with E-state index in [4.69, 9.17) is 16.3 Å². The van der Waals surface area contributed by atoms with E-state index in [0.717, 1.165) is 60.5 Å². The van der Waals surface area contributed by atoms with Gasteiger partial charge >= 0.3 is 6.18 Å². The third kappa shape index (κ3) is 4.47. The van der Waals surface area contributed by atoms with Crippen LogP contribution in [0, 0.1) is 6.92 Å². The lowest BCUT2D eigenvalue weighted by Crippen LogP contribution is -2.34. The van der Waals surface area contributed by atoms with E-state index < -0.39 is 11.7 Å². The molecule has 158 valence electrons. The second-order valence-corrected chi connectivity index (χ2v) is 7.82. The van der Waals surface area contributed by atoms with Gasteiger partial charge in [0.2, 0.25) is 0 Å². The zero-order chi connectivity index (χ0) is 21.3. The first-order chi connectivity index (χ1) is 14.3. The zero-order valence-electron chi connectivity index (χ0n) is 16.3. The number of piperidine rings is 1. The van der Waals surface area contributed by atoms with Crippen molar-refractivity contribution in [1.82, 2.24) is 15.1 Å². The van der Waals surface area contributed by atoms with Gasteiger partial charge in [-0.2, -0.15) is 18.3 Å². The summed E-state index contributed by atoms with van der Waals surface area (Å²) in [5.41, 5.74) is 2.02. The second-order valence-electron chi connectivity index (χ2n) is 7.39. The van der Waals surface area contributed by atoms with Crippen LogP contribution in [0.15, 0.2) is 48.8 Å². The molecule has 0 radical (unpaired) electrons. The summed E-state index contributed by atoms with van der Waals surface area (Å²) >= 11 is 6.29. The maximum Gasteiger partial charge on any atom is 0.416 e. The number of aryl methyl sites for hydroxylation is 1. The van der Waals surface area contributed by atoms with Gasteiger partial charge < -0.3 is 10.1 Å². The summed E-state index contributed by atoms with van der Waals surface area (Å²) in [6.45, 7) is 3.74. The predicted octanol–water partition coefficient (Wildman–Crippen LogP) is 5.65. The lowest BCUT2D eigenvalue weighted by atomic mass is 10.0. The van der Waals surface area contributed by atoms with Crippen LogP contribution in [0.5, 0.6) is 5.75 Å². The Morgan fingerprint density at radius 2 is 1.93 bits per heavy atom. The van der Waals surface area contributed by atoms with Gasteiger partial charge in [0.1, 0.15) is 11.9 Å². The fraction of sp³-hybridized carbons (Fsp3) is 0.318. The van der Waals surface area contributed by atoms with E-state index in [1.54, 1.807) is 24.5 Å². The summed E-state index contributed by atoms with van der Waals surface area (Å²) in [6, 6.07) is 8.72. The van der Waals surface area contributed by atoms with Gasteiger partial charge in [0.05, 0.1) is 17.4 Å². The van der Waals surface area contributed by atoms with Crippen molar-refractivity contribution in [3.8, 4) is 22.6 Å². The van der Waals surface area contributed by atoms with E-state index in [0.29, 0.717) is 10.7 Å². The number of hydrogen-bond donors (Lipinski definition) is 1. The Morgan fingerprint density at radius 3 is 2.67 bits per heavy atom. The van der Waals surface area contributed by atoms with Crippen LogP contribution < -0.4 is 10.1 Å². The third-order valence-electron chi connectivity index (χ3n) is 5.14. The van der Waals surface area contributed by atoms with E-state index in [1.807, 2.05) is 13.0 Å². The van der Waals surface area contributed by atoms with Crippen molar-refractivity contribution in [2.45, 2.75) is 32.0 Å². The maximum atomic E-state index is 13.1. The number of benzene rings is 2. The van der Waals surface area contributed by atoms with Crippen LogP contribution in [0.25, 0.3) is 16.8 Å². The first kappa shape index (κ1) is 20.8. The molecule has 2 aromatic carbocycles. The number of alkyl halides is 3. The number of nitrogens with zero attached hydrogens (tertiary/aromatic N) is 2. The lowest BCUT2D eigenvalue weighted by Gasteiger charge is -2.26. The summed E-state index contributed by atoms with van der Waals surface area (Å²) in [5.74, 6) is 0.731. The smallest absolute Gasteiger partial charge is 0.416 e. The summed E-state index contributed by atoms with van der Waals surface area (Å²) < 4.78 is 46.9. The maximum absolute atomic E-state index is 13.1. The van der Waals surface area contributed by atoms with Gasteiger partial charge in [0.15, 0.2) is 0 Å². The molecule has 0 unspecified atom stereocenters. The Hall–Kier alpha value is -2.51. The molecule has 2 heterocycles. The van der Waals surface area contributed by atoms with Crippen LogP contribution >= 0.6 is 11.6 Å². The van der Waals surface area contributed by atoms with E-state index in [-0.39, 0.29) is 6.10 Å². The van der Waals surface area contributed by atoms with Crippen molar-refractivity contribution in [3.05, 3.63) is 64.9 Å². The number of hydrogen-bond acceptors (Lipinski definition) is 3. The molecule has 0 bridgehead atoms. The van der Waals surface area contributed by atoms with Crippen molar-refractivity contribution in [3.63, 3.8) is 0 Å². The molecule has 1 aromatic heterocycles. The van der Waals surface area contributed by atoms with Gasteiger partial charge in [-0.25, -0.2) is 4.68 Å². The van der Waals surface area contributed by atoms with Gasteiger partial charge in [0, 0.05) is 22.3 Å². The highest BCUT2D eigenvalue weighted by Crippen LogP contribution is 2.37. The normalized spacial score (nSPS) is 15.4. The average molecular weight is 436 g/mol. The van der Waals surface area contributed by atoms with Crippen molar-refractivity contribution < 1.29 is 17.9 Å². The molecule has 3 aromatic rings. The van der Waals surface area contributed by atoms with Crippen LogP contribution in [-0.4, -0.2) is 29.0 Å². The first-order valence-electron chi connectivity index (χ1n) is 9.71. The Kier molecular flexibility index (Phi) is 5.75. The minimum Gasteiger partial charge on any atom is -0.489 e. The first-order valence-corrected chi connectivity index (χ1v) is 10.1. The molecule has 1 aliphatic rings. The number of aromatic nitrogens is 2. The van der Waals surface area contributed by atoms with Crippen LogP contribution in [0.1, 0.15) is 24.0 Å². The van der Waals surface area contributed by atoms with Gasteiger partial charge in [-0.1, -0.05) is 17.7 Å². The van der Waals surface area contributed by atoms with E-state index >= 15 is 0 Å². The summed E-state index contributed by atoms with van der Waals surface area (Å²) in [7, 11) is 0. The average Bonchev–Trinajstić information content (AvgIpc) is 3.20. The molecule has 1 fully saturated rings. The molecule has 0 atom stereocenters. The minimum absolute atomic E-state index is 0.100. The zero-order valence-corrected chi connectivity index (χ0v) is 17.1. The van der Waals surface area contributed by atoms with Crippen molar-refractivity contribution in [2.24, 2.45) is 0 Å². The molecular formula is C22H21ClF3N3O. The topological polar surface area (TPSA) is 39.1 Å². The Balaban J connectivity index is 1.69.